The van der Waals surface area contributed by atoms with Gasteiger partial charge in [-0.25, -0.2) is 8.42 Å². The molecule has 0 aromatic carbocycles. The fourth-order valence-corrected chi connectivity index (χ4v) is 3.67. The van der Waals surface area contributed by atoms with Gasteiger partial charge in [-0.05, 0) is 38.5 Å². The minimum atomic E-state index is -2.72. The Bertz CT molecular complexity index is 246. The Morgan fingerprint density at radius 2 is 2.23 bits per heavy atom. The normalized spacial score (nSPS) is 29.8. The lowest BCUT2D eigenvalue weighted by Crippen LogP contribution is -2.26. The van der Waals surface area contributed by atoms with Crippen LogP contribution in [0.2, 0.25) is 0 Å². The van der Waals surface area contributed by atoms with E-state index in [1.54, 1.807) is 0 Å². The van der Waals surface area contributed by atoms with Crippen molar-refractivity contribution in [1.29, 1.82) is 0 Å². The summed E-state index contributed by atoms with van der Waals surface area (Å²) in [5, 5.41) is 0. The molecule has 0 spiro atoms. The zero-order valence-electron chi connectivity index (χ0n) is 8.20. The first-order valence-corrected chi connectivity index (χ1v) is 6.78. The zero-order chi connectivity index (χ0) is 9.90. The Balaban J connectivity index is 2.35. The van der Waals surface area contributed by atoms with Crippen LogP contribution in [0.1, 0.15) is 32.6 Å². The molecule has 2 unspecified atom stereocenters. The molecule has 0 aliphatic carbocycles. The van der Waals surface area contributed by atoms with E-state index in [9.17, 15) is 8.42 Å². The number of rotatable bonds is 3. The van der Waals surface area contributed by atoms with Crippen molar-refractivity contribution >= 4 is 9.84 Å². The van der Waals surface area contributed by atoms with Gasteiger partial charge in [-0.2, -0.15) is 0 Å². The third kappa shape index (κ3) is 4.09. The summed E-state index contributed by atoms with van der Waals surface area (Å²) in [7, 11) is -2.72. The SMILES string of the molecule is CC(N)CCC1CCCS(=O)(=O)C1. The highest BCUT2D eigenvalue weighted by molar-refractivity contribution is 7.91. The molecule has 0 amide bonds. The Kier molecular flexibility index (Phi) is 3.74. The number of hydrogen-bond acceptors (Lipinski definition) is 3. The van der Waals surface area contributed by atoms with Crippen molar-refractivity contribution in [3.8, 4) is 0 Å². The van der Waals surface area contributed by atoms with Gasteiger partial charge in [0.1, 0.15) is 0 Å². The van der Waals surface area contributed by atoms with Crippen LogP contribution in [0.4, 0.5) is 0 Å². The van der Waals surface area contributed by atoms with Crippen molar-refractivity contribution in [2.24, 2.45) is 11.7 Å². The lowest BCUT2D eigenvalue weighted by molar-refractivity contribution is 0.430. The monoisotopic (exact) mass is 205 g/mol. The topological polar surface area (TPSA) is 60.2 Å². The molecule has 1 aliphatic rings. The van der Waals surface area contributed by atoms with Crippen LogP contribution < -0.4 is 5.73 Å². The summed E-state index contributed by atoms with van der Waals surface area (Å²) in [4.78, 5) is 0. The molecule has 1 fully saturated rings. The minimum Gasteiger partial charge on any atom is -0.328 e. The fourth-order valence-electron chi connectivity index (χ4n) is 1.84. The average molecular weight is 205 g/mol. The van der Waals surface area contributed by atoms with E-state index in [4.69, 9.17) is 5.73 Å². The lowest BCUT2D eigenvalue weighted by Gasteiger charge is -2.22. The maximum Gasteiger partial charge on any atom is 0.150 e. The molecule has 0 aromatic heterocycles. The minimum absolute atomic E-state index is 0.199. The fraction of sp³-hybridized carbons (Fsp3) is 1.00. The van der Waals surface area contributed by atoms with Gasteiger partial charge in [0, 0.05) is 6.04 Å². The smallest absolute Gasteiger partial charge is 0.150 e. The highest BCUT2D eigenvalue weighted by atomic mass is 32.2. The molecule has 3 nitrogen and oxygen atoms in total. The molecule has 1 rings (SSSR count). The molecule has 78 valence electrons. The molecular weight excluding hydrogens is 186 g/mol. The second-order valence-corrected chi connectivity index (χ2v) is 6.41. The van der Waals surface area contributed by atoms with E-state index < -0.39 is 9.84 Å². The molecule has 0 bridgehead atoms. The van der Waals surface area contributed by atoms with Gasteiger partial charge >= 0.3 is 0 Å². The molecular formula is C9H19NO2S. The largest absolute Gasteiger partial charge is 0.328 e. The van der Waals surface area contributed by atoms with Gasteiger partial charge in [-0.3, -0.25) is 0 Å². The summed E-state index contributed by atoms with van der Waals surface area (Å²) in [6.07, 6.45) is 3.81. The van der Waals surface area contributed by atoms with E-state index in [0.717, 1.165) is 25.7 Å². The van der Waals surface area contributed by atoms with Crippen LogP contribution in [-0.2, 0) is 9.84 Å². The van der Waals surface area contributed by atoms with Crippen molar-refractivity contribution in [2.45, 2.75) is 38.6 Å². The van der Waals surface area contributed by atoms with E-state index in [1.165, 1.54) is 0 Å². The van der Waals surface area contributed by atoms with Gasteiger partial charge in [0.15, 0.2) is 9.84 Å². The first-order valence-electron chi connectivity index (χ1n) is 4.95. The summed E-state index contributed by atoms with van der Waals surface area (Å²) in [6.45, 7) is 1.97. The van der Waals surface area contributed by atoms with Crippen LogP contribution in [0.15, 0.2) is 0 Å². The maximum absolute atomic E-state index is 11.3. The number of sulfone groups is 1. The first-order chi connectivity index (χ1) is 5.99. The molecule has 13 heavy (non-hydrogen) atoms. The number of hydrogen-bond donors (Lipinski definition) is 1. The zero-order valence-corrected chi connectivity index (χ0v) is 9.02. The maximum atomic E-state index is 11.3. The van der Waals surface area contributed by atoms with Crippen LogP contribution in [-0.4, -0.2) is 26.0 Å². The van der Waals surface area contributed by atoms with E-state index in [1.807, 2.05) is 6.92 Å². The van der Waals surface area contributed by atoms with Crippen LogP contribution in [0, 0.1) is 5.92 Å². The van der Waals surface area contributed by atoms with Gasteiger partial charge in [0.05, 0.1) is 11.5 Å². The third-order valence-corrected chi connectivity index (χ3v) is 4.48. The van der Waals surface area contributed by atoms with Gasteiger partial charge in [-0.1, -0.05) is 0 Å². The van der Waals surface area contributed by atoms with E-state index in [0.29, 0.717) is 17.4 Å². The van der Waals surface area contributed by atoms with Crippen molar-refractivity contribution in [1.82, 2.24) is 0 Å². The summed E-state index contributed by atoms with van der Waals surface area (Å²) in [6, 6.07) is 0.199. The summed E-state index contributed by atoms with van der Waals surface area (Å²) < 4.78 is 22.5. The molecule has 0 saturated carbocycles. The van der Waals surface area contributed by atoms with Gasteiger partial charge in [0.25, 0.3) is 0 Å². The molecule has 4 heteroatoms. The highest BCUT2D eigenvalue weighted by Crippen LogP contribution is 2.22. The second-order valence-electron chi connectivity index (χ2n) is 4.18. The van der Waals surface area contributed by atoms with E-state index in [-0.39, 0.29) is 6.04 Å². The van der Waals surface area contributed by atoms with Crippen LogP contribution in [0.25, 0.3) is 0 Å². The molecule has 0 aromatic rings. The van der Waals surface area contributed by atoms with Gasteiger partial charge in [-0.15, -0.1) is 0 Å². The molecule has 2 N–H and O–H groups in total. The molecule has 0 radical (unpaired) electrons. The predicted molar refractivity (Wildman–Crippen MR) is 54.3 cm³/mol. The molecule has 1 heterocycles. The Labute approximate surface area is 80.6 Å². The van der Waals surface area contributed by atoms with Crippen molar-refractivity contribution in [2.75, 3.05) is 11.5 Å². The quantitative estimate of drug-likeness (QED) is 0.746. The number of nitrogens with two attached hydrogens (primary N) is 1. The Hall–Kier alpha value is -0.0900. The van der Waals surface area contributed by atoms with E-state index >= 15 is 0 Å². The Morgan fingerprint density at radius 3 is 2.77 bits per heavy atom. The summed E-state index contributed by atoms with van der Waals surface area (Å²) in [5.41, 5.74) is 5.63. The van der Waals surface area contributed by atoms with Crippen LogP contribution in [0.5, 0.6) is 0 Å². The molecule has 1 saturated heterocycles. The summed E-state index contributed by atoms with van der Waals surface area (Å²) >= 11 is 0. The average Bonchev–Trinajstić information content (AvgIpc) is 1.99. The van der Waals surface area contributed by atoms with Crippen molar-refractivity contribution in [3.63, 3.8) is 0 Å². The van der Waals surface area contributed by atoms with E-state index in [2.05, 4.69) is 0 Å². The van der Waals surface area contributed by atoms with Crippen LogP contribution in [0.3, 0.4) is 0 Å². The van der Waals surface area contributed by atoms with Crippen molar-refractivity contribution < 1.29 is 8.42 Å². The molecule has 1 aliphatic heterocycles. The molecule has 2 atom stereocenters. The van der Waals surface area contributed by atoms with Crippen molar-refractivity contribution in [3.05, 3.63) is 0 Å². The standard InChI is InChI=1S/C9H19NO2S/c1-8(10)4-5-9-3-2-6-13(11,12)7-9/h8-9H,2-7,10H2,1H3. The highest BCUT2D eigenvalue weighted by Gasteiger charge is 2.24. The summed E-state index contributed by atoms with van der Waals surface area (Å²) in [5.74, 6) is 1.14. The van der Waals surface area contributed by atoms with Gasteiger partial charge < -0.3 is 5.73 Å². The lowest BCUT2D eigenvalue weighted by atomic mass is 9.98. The predicted octanol–water partition coefficient (Wildman–Crippen LogP) is 0.939. The third-order valence-electron chi connectivity index (χ3n) is 2.59. The Morgan fingerprint density at radius 1 is 1.54 bits per heavy atom. The first kappa shape index (κ1) is 11.0. The van der Waals surface area contributed by atoms with Crippen LogP contribution >= 0.6 is 0 Å². The van der Waals surface area contributed by atoms with Gasteiger partial charge in [0.2, 0.25) is 0 Å². The second kappa shape index (κ2) is 4.42.